The van der Waals surface area contributed by atoms with Crippen LogP contribution in [0.2, 0.25) is 0 Å². The van der Waals surface area contributed by atoms with Crippen LogP contribution in [0.15, 0.2) is 36.5 Å². The Hall–Kier alpha value is -2.16. The van der Waals surface area contributed by atoms with E-state index in [-0.39, 0.29) is 0 Å². The minimum absolute atomic E-state index is 0.511. The molecule has 0 radical (unpaired) electrons. The lowest BCUT2D eigenvalue weighted by atomic mass is 10.2. The number of nitrogens with zero attached hydrogens (tertiary/aromatic N) is 2. The first kappa shape index (κ1) is 9.09. The average Bonchev–Trinajstić information content (AvgIpc) is 2.67. The second-order valence-electron chi connectivity index (χ2n) is 3.80. The van der Waals surface area contributed by atoms with Gasteiger partial charge in [-0.25, -0.2) is 4.98 Å². The Labute approximate surface area is 92.3 Å². The Morgan fingerprint density at radius 2 is 2.06 bits per heavy atom. The lowest BCUT2D eigenvalue weighted by molar-refractivity contribution is 0.111. The normalized spacial score (nSPS) is 11.1. The lowest BCUT2D eigenvalue weighted by Crippen LogP contribution is -1.88. The number of aldehydes is 1. The van der Waals surface area contributed by atoms with Gasteiger partial charge in [0.2, 0.25) is 0 Å². The van der Waals surface area contributed by atoms with Crippen LogP contribution in [0, 0.1) is 6.92 Å². The summed E-state index contributed by atoms with van der Waals surface area (Å²) in [5.74, 6) is 0. The summed E-state index contributed by atoms with van der Waals surface area (Å²) in [5.41, 5.74) is 2.24. The van der Waals surface area contributed by atoms with E-state index < -0.39 is 0 Å². The highest BCUT2D eigenvalue weighted by molar-refractivity contribution is 5.95. The Morgan fingerprint density at radius 1 is 1.25 bits per heavy atom. The van der Waals surface area contributed by atoms with E-state index >= 15 is 0 Å². The van der Waals surface area contributed by atoms with Crippen molar-refractivity contribution in [3.05, 3.63) is 47.9 Å². The second kappa shape index (κ2) is 3.17. The molecule has 2 aromatic heterocycles. The minimum atomic E-state index is 0.511. The van der Waals surface area contributed by atoms with Gasteiger partial charge in [-0.15, -0.1) is 0 Å². The van der Waals surface area contributed by atoms with Gasteiger partial charge in [0.25, 0.3) is 0 Å². The highest BCUT2D eigenvalue weighted by Gasteiger charge is 2.09. The molecule has 3 heteroatoms. The predicted octanol–water partition coefficient (Wildman–Crippen LogP) is 2.61. The fourth-order valence-electron chi connectivity index (χ4n) is 2.02. The van der Waals surface area contributed by atoms with Crippen LogP contribution in [0.5, 0.6) is 0 Å². The zero-order valence-electron chi connectivity index (χ0n) is 8.84. The molecule has 16 heavy (non-hydrogen) atoms. The number of rotatable bonds is 1. The largest absolute Gasteiger partial charge is 0.303 e. The van der Waals surface area contributed by atoms with Crippen molar-refractivity contribution < 1.29 is 4.79 Å². The third-order valence-electron chi connectivity index (χ3n) is 2.90. The van der Waals surface area contributed by atoms with E-state index in [1.165, 1.54) is 0 Å². The molecule has 0 saturated heterocycles. The molecule has 3 rings (SSSR count). The number of imidazole rings is 1. The molecule has 3 aromatic rings. The molecule has 0 aliphatic carbocycles. The van der Waals surface area contributed by atoms with Crippen LogP contribution in [-0.4, -0.2) is 15.7 Å². The number of fused-ring (bicyclic) bond motifs is 3. The molecule has 0 N–H and O–H groups in total. The summed E-state index contributed by atoms with van der Waals surface area (Å²) in [6.45, 7) is 1.90. The van der Waals surface area contributed by atoms with E-state index in [9.17, 15) is 4.79 Å². The smallest absolute Gasteiger partial charge is 0.170 e. The average molecular weight is 210 g/mol. The van der Waals surface area contributed by atoms with Crippen molar-refractivity contribution in [3.63, 3.8) is 0 Å². The summed E-state index contributed by atoms with van der Waals surface area (Å²) in [6.07, 6.45) is 2.75. The third-order valence-corrected chi connectivity index (χ3v) is 2.90. The number of hydrogen-bond acceptors (Lipinski definition) is 2. The quantitative estimate of drug-likeness (QED) is 0.578. The summed E-state index contributed by atoms with van der Waals surface area (Å²) in [6, 6.07) is 10.1. The highest BCUT2D eigenvalue weighted by Crippen LogP contribution is 2.21. The first-order valence-electron chi connectivity index (χ1n) is 5.13. The fourth-order valence-corrected chi connectivity index (χ4v) is 2.02. The van der Waals surface area contributed by atoms with Gasteiger partial charge in [-0.1, -0.05) is 24.3 Å². The van der Waals surface area contributed by atoms with Crippen molar-refractivity contribution in [1.82, 2.24) is 9.38 Å². The molecular formula is C13H10N2O. The predicted molar refractivity (Wildman–Crippen MR) is 62.8 cm³/mol. The van der Waals surface area contributed by atoms with Crippen molar-refractivity contribution in [2.24, 2.45) is 0 Å². The lowest BCUT2D eigenvalue weighted by Gasteiger charge is -2.00. The summed E-state index contributed by atoms with van der Waals surface area (Å²) in [7, 11) is 0. The number of carbonyl (C=O) groups is 1. The molecule has 0 spiro atoms. The van der Waals surface area contributed by atoms with E-state index in [0.29, 0.717) is 5.69 Å². The van der Waals surface area contributed by atoms with Crippen LogP contribution in [0.3, 0.4) is 0 Å². The topological polar surface area (TPSA) is 34.4 Å². The van der Waals surface area contributed by atoms with Gasteiger partial charge >= 0.3 is 0 Å². The number of benzene rings is 1. The maximum atomic E-state index is 10.9. The molecule has 1 aromatic carbocycles. The molecule has 0 amide bonds. The monoisotopic (exact) mass is 210 g/mol. The van der Waals surface area contributed by atoms with Gasteiger partial charge in [0.05, 0.1) is 5.69 Å². The van der Waals surface area contributed by atoms with Crippen LogP contribution in [-0.2, 0) is 0 Å². The van der Waals surface area contributed by atoms with Gasteiger partial charge in [0, 0.05) is 11.6 Å². The molecular weight excluding hydrogens is 200 g/mol. The molecule has 0 atom stereocenters. The summed E-state index contributed by atoms with van der Waals surface area (Å²) < 4.78 is 1.95. The maximum Gasteiger partial charge on any atom is 0.170 e. The summed E-state index contributed by atoms with van der Waals surface area (Å²) in [5, 5.41) is 2.21. The van der Waals surface area contributed by atoms with Gasteiger partial charge < -0.3 is 4.40 Å². The molecule has 3 nitrogen and oxygen atoms in total. The van der Waals surface area contributed by atoms with E-state index in [2.05, 4.69) is 4.98 Å². The number of carbonyl (C=O) groups excluding carboxylic acids is 1. The molecule has 0 fully saturated rings. The first-order valence-corrected chi connectivity index (χ1v) is 5.13. The fraction of sp³-hybridized carbons (Fsp3) is 0.0769. The Morgan fingerprint density at radius 3 is 2.88 bits per heavy atom. The SMILES string of the molecule is Cc1c(C=O)nc2c3ccccc3ccn12. The molecule has 0 aliphatic rings. The van der Waals surface area contributed by atoms with Gasteiger partial charge in [-0.05, 0) is 18.4 Å². The van der Waals surface area contributed by atoms with E-state index in [1.807, 2.05) is 47.9 Å². The van der Waals surface area contributed by atoms with Crippen LogP contribution in [0.1, 0.15) is 16.2 Å². The van der Waals surface area contributed by atoms with Crippen LogP contribution >= 0.6 is 0 Å². The van der Waals surface area contributed by atoms with Crippen molar-refractivity contribution in [3.8, 4) is 0 Å². The van der Waals surface area contributed by atoms with Gasteiger partial charge in [-0.2, -0.15) is 0 Å². The first-order chi connectivity index (χ1) is 7.81. The molecule has 0 saturated carbocycles. The third kappa shape index (κ3) is 1.08. The summed E-state index contributed by atoms with van der Waals surface area (Å²) in [4.78, 5) is 15.2. The Kier molecular flexibility index (Phi) is 1.80. The highest BCUT2D eigenvalue weighted by atomic mass is 16.1. The van der Waals surface area contributed by atoms with Crippen molar-refractivity contribution in [2.45, 2.75) is 6.92 Å². The zero-order valence-corrected chi connectivity index (χ0v) is 8.84. The Bertz CT molecular complexity index is 698. The molecule has 0 aliphatic heterocycles. The number of aryl methyl sites for hydroxylation is 1. The minimum Gasteiger partial charge on any atom is -0.303 e. The number of aromatic nitrogens is 2. The van der Waals surface area contributed by atoms with Crippen LogP contribution in [0.25, 0.3) is 16.4 Å². The molecule has 0 unspecified atom stereocenters. The number of hydrogen-bond donors (Lipinski definition) is 0. The van der Waals surface area contributed by atoms with Crippen molar-refractivity contribution in [1.29, 1.82) is 0 Å². The maximum absolute atomic E-state index is 10.9. The van der Waals surface area contributed by atoms with Gasteiger partial charge in [-0.3, -0.25) is 4.79 Å². The van der Waals surface area contributed by atoms with E-state index in [0.717, 1.165) is 28.4 Å². The van der Waals surface area contributed by atoms with E-state index in [1.54, 1.807) is 0 Å². The molecule has 78 valence electrons. The standard InChI is InChI=1S/C13H10N2O/c1-9-12(8-16)14-13-11-5-3-2-4-10(11)6-7-15(9)13/h2-8H,1H3. The number of pyridine rings is 1. The van der Waals surface area contributed by atoms with Crippen molar-refractivity contribution >= 4 is 22.7 Å². The van der Waals surface area contributed by atoms with Gasteiger partial charge in [0.1, 0.15) is 11.3 Å². The molecule has 0 bridgehead atoms. The van der Waals surface area contributed by atoms with Crippen LogP contribution in [0.4, 0.5) is 0 Å². The van der Waals surface area contributed by atoms with E-state index in [4.69, 9.17) is 0 Å². The zero-order chi connectivity index (χ0) is 11.1. The summed E-state index contributed by atoms with van der Waals surface area (Å²) >= 11 is 0. The molecule has 2 heterocycles. The Balaban J connectivity index is 2.56. The van der Waals surface area contributed by atoms with Crippen LogP contribution < -0.4 is 0 Å². The van der Waals surface area contributed by atoms with Gasteiger partial charge in [0.15, 0.2) is 6.29 Å². The second-order valence-corrected chi connectivity index (χ2v) is 3.80. The van der Waals surface area contributed by atoms with Crippen molar-refractivity contribution in [2.75, 3.05) is 0 Å².